The van der Waals surface area contributed by atoms with Crippen LogP contribution in [-0.4, -0.2) is 17.2 Å². The standard InChI is InChI=1S/C14H22BrNS/c1-11(2)17-13-7-5-12(6-8-13)14(3,4)9-16-10-15/h5-8,11,16H,9-10H2,1-4H3. The molecule has 1 nitrogen and oxygen atoms in total. The minimum absolute atomic E-state index is 0.175. The minimum Gasteiger partial charge on any atom is -0.306 e. The summed E-state index contributed by atoms with van der Waals surface area (Å²) in [5.41, 5.74) is 2.41. The summed E-state index contributed by atoms with van der Waals surface area (Å²) >= 11 is 5.31. The molecule has 1 rings (SSSR count). The predicted molar refractivity (Wildman–Crippen MR) is 82.3 cm³/mol. The molecule has 0 fully saturated rings. The molecule has 0 saturated heterocycles. The number of benzene rings is 1. The highest BCUT2D eigenvalue weighted by Gasteiger charge is 2.19. The highest BCUT2D eigenvalue weighted by Crippen LogP contribution is 2.27. The summed E-state index contributed by atoms with van der Waals surface area (Å²) in [4.78, 5) is 1.35. The van der Waals surface area contributed by atoms with Crippen molar-refractivity contribution in [3.63, 3.8) is 0 Å². The second-order valence-corrected chi connectivity index (χ2v) is 7.35. The van der Waals surface area contributed by atoms with Crippen molar-refractivity contribution >= 4 is 27.7 Å². The summed E-state index contributed by atoms with van der Waals surface area (Å²) in [6, 6.07) is 8.97. The third kappa shape index (κ3) is 5.02. The number of hydrogen-bond acceptors (Lipinski definition) is 2. The van der Waals surface area contributed by atoms with Crippen molar-refractivity contribution in [3.8, 4) is 0 Å². The number of rotatable bonds is 6. The normalized spacial score (nSPS) is 12.1. The van der Waals surface area contributed by atoms with Crippen LogP contribution in [0.5, 0.6) is 0 Å². The molecule has 0 aliphatic heterocycles. The quantitative estimate of drug-likeness (QED) is 0.474. The SMILES string of the molecule is CC(C)Sc1ccc(C(C)(C)CNCBr)cc1. The Balaban J connectivity index is 2.72. The number of alkyl halides is 1. The Kier molecular flexibility index (Phi) is 6.04. The van der Waals surface area contributed by atoms with E-state index in [-0.39, 0.29) is 5.41 Å². The number of hydrogen-bond donors (Lipinski definition) is 1. The van der Waals surface area contributed by atoms with Gasteiger partial charge in [0.05, 0.1) is 5.45 Å². The lowest BCUT2D eigenvalue weighted by molar-refractivity contribution is 0.491. The average molecular weight is 316 g/mol. The first-order valence-corrected chi connectivity index (χ1v) is 7.99. The van der Waals surface area contributed by atoms with Gasteiger partial charge in [-0.25, -0.2) is 0 Å². The predicted octanol–water partition coefficient (Wildman–Crippen LogP) is 4.41. The molecular weight excluding hydrogens is 294 g/mol. The van der Waals surface area contributed by atoms with Crippen LogP contribution in [0.25, 0.3) is 0 Å². The van der Waals surface area contributed by atoms with Gasteiger partial charge in [-0.05, 0) is 17.7 Å². The van der Waals surface area contributed by atoms with Crippen molar-refractivity contribution in [2.75, 3.05) is 12.0 Å². The molecule has 0 aromatic heterocycles. The van der Waals surface area contributed by atoms with E-state index in [1.54, 1.807) is 0 Å². The largest absolute Gasteiger partial charge is 0.306 e. The maximum Gasteiger partial charge on any atom is 0.0517 e. The Labute approximate surface area is 118 Å². The van der Waals surface area contributed by atoms with Crippen molar-refractivity contribution in [3.05, 3.63) is 29.8 Å². The van der Waals surface area contributed by atoms with E-state index in [2.05, 4.69) is 73.2 Å². The lowest BCUT2D eigenvalue weighted by Gasteiger charge is -2.25. The van der Waals surface area contributed by atoms with E-state index < -0.39 is 0 Å². The van der Waals surface area contributed by atoms with Crippen molar-refractivity contribution in [1.82, 2.24) is 5.32 Å². The van der Waals surface area contributed by atoms with Gasteiger partial charge in [0.1, 0.15) is 0 Å². The van der Waals surface area contributed by atoms with Gasteiger partial charge in [0.15, 0.2) is 0 Å². The summed E-state index contributed by atoms with van der Waals surface area (Å²) in [5, 5.41) is 3.99. The van der Waals surface area contributed by atoms with Crippen LogP contribution in [0.3, 0.4) is 0 Å². The maximum atomic E-state index is 3.40. The van der Waals surface area contributed by atoms with Crippen molar-refractivity contribution in [2.24, 2.45) is 0 Å². The smallest absolute Gasteiger partial charge is 0.0517 e. The van der Waals surface area contributed by atoms with Crippen LogP contribution < -0.4 is 5.32 Å². The molecule has 0 bridgehead atoms. The summed E-state index contributed by atoms with van der Waals surface area (Å²) in [6.07, 6.45) is 0. The second kappa shape index (κ2) is 6.81. The van der Waals surface area contributed by atoms with E-state index in [0.717, 1.165) is 12.0 Å². The lowest BCUT2D eigenvalue weighted by atomic mass is 9.85. The number of halogens is 1. The molecular formula is C14H22BrNS. The fourth-order valence-electron chi connectivity index (χ4n) is 1.72. The van der Waals surface area contributed by atoms with E-state index in [4.69, 9.17) is 0 Å². The number of nitrogens with one attached hydrogen (secondary N) is 1. The zero-order valence-corrected chi connectivity index (χ0v) is 13.5. The maximum absolute atomic E-state index is 3.40. The lowest BCUT2D eigenvalue weighted by Crippen LogP contribution is -2.32. The van der Waals surface area contributed by atoms with Gasteiger partial charge in [-0.3, -0.25) is 0 Å². The van der Waals surface area contributed by atoms with Gasteiger partial charge in [0, 0.05) is 22.1 Å². The molecule has 1 aromatic carbocycles. The molecule has 0 aliphatic rings. The van der Waals surface area contributed by atoms with Crippen LogP contribution in [0.2, 0.25) is 0 Å². The molecule has 3 heteroatoms. The molecule has 0 unspecified atom stereocenters. The van der Waals surface area contributed by atoms with Crippen LogP contribution in [-0.2, 0) is 5.41 Å². The molecule has 0 atom stereocenters. The zero-order chi connectivity index (χ0) is 12.9. The molecule has 0 aliphatic carbocycles. The van der Waals surface area contributed by atoms with Gasteiger partial charge >= 0.3 is 0 Å². The molecule has 17 heavy (non-hydrogen) atoms. The van der Waals surface area contributed by atoms with E-state index in [1.807, 2.05) is 11.8 Å². The summed E-state index contributed by atoms with van der Waals surface area (Å²) in [5.74, 6) is 0. The summed E-state index contributed by atoms with van der Waals surface area (Å²) in [7, 11) is 0. The Morgan fingerprint density at radius 1 is 1.24 bits per heavy atom. The van der Waals surface area contributed by atoms with Crippen molar-refractivity contribution < 1.29 is 0 Å². The first kappa shape index (κ1) is 15.1. The van der Waals surface area contributed by atoms with Crippen molar-refractivity contribution in [2.45, 2.75) is 43.3 Å². The molecule has 1 aromatic rings. The van der Waals surface area contributed by atoms with Gasteiger partial charge in [0.25, 0.3) is 0 Å². The summed E-state index contributed by atoms with van der Waals surface area (Å²) in [6.45, 7) is 9.97. The van der Waals surface area contributed by atoms with Crippen LogP contribution in [0, 0.1) is 0 Å². The van der Waals surface area contributed by atoms with Crippen LogP contribution in [0.15, 0.2) is 29.2 Å². The molecule has 0 amide bonds. The Morgan fingerprint density at radius 3 is 2.29 bits per heavy atom. The highest BCUT2D eigenvalue weighted by molar-refractivity contribution is 9.09. The Hall–Kier alpha value is 0.01000. The monoisotopic (exact) mass is 315 g/mol. The van der Waals surface area contributed by atoms with E-state index >= 15 is 0 Å². The minimum atomic E-state index is 0.175. The average Bonchev–Trinajstić information content (AvgIpc) is 2.26. The number of thioether (sulfide) groups is 1. The topological polar surface area (TPSA) is 12.0 Å². The van der Waals surface area contributed by atoms with Crippen LogP contribution >= 0.6 is 27.7 Å². The van der Waals surface area contributed by atoms with Gasteiger partial charge < -0.3 is 5.32 Å². The highest BCUT2D eigenvalue weighted by atomic mass is 79.9. The van der Waals surface area contributed by atoms with Gasteiger partial charge in [-0.2, -0.15) is 0 Å². The third-order valence-corrected chi connectivity index (χ3v) is 4.08. The van der Waals surface area contributed by atoms with Gasteiger partial charge in [0.2, 0.25) is 0 Å². The van der Waals surface area contributed by atoms with Gasteiger partial charge in [-0.15, -0.1) is 11.8 Å². The van der Waals surface area contributed by atoms with E-state index in [9.17, 15) is 0 Å². The third-order valence-electron chi connectivity index (χ3n) is 2.67. The molecule has 96 valence electrons. The first-order chi connectivity index (χ1) is 7.95. The fraction of sp³-hybridized carbons (Fsp3) is 0.571. The van der Waals surface area contributed by atoms with Crippen LogP contribution in [0.4, 0.5) is 0 Å². The zero-order valence-electron chi connectivity index (χ0n) is 11.1. The second-order valence-electron chi connectivity index (χ2n) is 5.14. The van der Waals surface area contributed by atoms with Crippen LogP contribution in [0.1, 0.15) is 33.3 Å². The Morgan fingerprint density at radius 2 is 1.82 bits per heavy atom. The fourth-order valence-corrected chi connectivity index (χ4v) is 2.75. The van der Waals surface area contributed by atoms with Gasteiger partial charge in [-0.1, -0.05) is 55.8 Å². The molecule has 0 spiro atoms. The summed E-state index contributed by atoms with van der Waals surface area (Å²) < 4.78 is 0. The molecule has 1 N–H and O–H groups in total. The van der Waals surface area contributed by atoms with E-state index in [1.165, 1.54) is 10.5 Å². The molecule has 0 saturated carbocycles. The Bertz CT molecular complexity index is 333. The molecule has 0 heterocycles. The van der Waals surface area contributed by atoms with Crippen molar-refractivity contribution in [1.29, 1.82) is 0 Å². The van der Waals surface area contributed by atoms with E-state index in [0.29, 0.717) is 5.25 Å². The first-order valence-electron chi connectivity index (χ1n) is 5.99. The molecule has 0 radical (unpaired) electrons.